The lowest BCUT2D eigenvalue weighted by molar-refractivity contribution is -0.113. The van der Waals surface area contributed by atoms with Gasteiger partial charge >= 0.3 is 0 Å². The predicted molar refractivity (Wildman–Crippen MR) is 87.6 cm³/mol. The monoisotopic (exact) mass is 417 g/mol. The molecule has 0 spiro atoms. The van der Waals surface area contributed by atoms with E-state index in [9.17, 15) is 9.18 Å². The maximum absolute atomic E-state index is 13.4. The molecule has 0 bridgehead atoms. The van der Waals surface area contributed by atoms with Crippen LogP contribution in [0.2, 0.25) is 0 Å². The summed E-state index contributed by atoms with van der Waals surface area (Å²) in [6.07, 6.45) is 0. The Hall–Kier alpha value is -0.850. The minimum absolute atomic E-state index is 0.156. The molecule has 20 heavy (non-hydrogen) atoms. The lowest BCUT2D eigenvalue weighted by Gasteiger charge is -2.08. The third-order valence-electron chi connectivity index (χ3n) is 2.40. The smallest absolute Gasteiger partial charge is 0.234 e. The summed E-state index contributed by atoms with van der Waals surface area (Å²) in [6.45, 7) is 0. The average Bonchev–Trinajstić information content (AvgIpc) is 2.41. The molecule has 2 aromatic carbocycles. The molecule has 2 aromatic rings. The third-order valence-corrected chi connectivity index (χ3v) is 4.60. The maximum atomic E-state index is 13.4. The van der Waals surface area contributed by atoms with Gasteiger partial charge in [-0.25, -0.2) is 4.39 Å². The summed E-state index contributed by atoms with van der Waals surface area (Å²) in [5.74, 6) is -0.333. The molecule has 0 aliphatic carbocycles. The van der Waals surface area contributed by atoms with Crippen molar-refractivity contribution in [3.8, 4) is 0 Å². The zero-order valence-electron chi connectivity index (χ0n) is 10.2. The van der Waals surface area contributed by atoms with Gasteiger partial charge in [-0.1, -0.05) is 28.1 Å². The van der Waals surface area contributed by atoms with Crippen molar-refractivity contribution < 1.29 is 9.18 Å². The standard InChI is InChI=1S/C14H10Br2FNOS/c15-9-5-6-12(10(16)7-9)18-14(19)8-20-13-4-2-1-3-11(13)17/h1-7H,8H2,(H,18,19). The Labute approximate surface area is 137 Å². The molecule has 1 N–H and O–H groups in total. The van der Waals surface area contributed by atoms with Crippen LogP contribution in [-0.2, 0) is 4.79 Å². The lowest BCUT2D eigenvalue weighted by Crippen LogP contribution is -2.14. The van der Waals surface area contributed by atoms with Gasteiger partial charge in [0.2, 0.25) is 5.91 Å². The highest BCUT2D eigenvalue weighted by molar-refractivity contribution is 9.11. The van der Waals surface area contributed by atoms with Crippen molar-refractivity contribution in [3.05, 3.63) is 57.2 Å². The normalized spacial score (nSPS) is 10.3. The molecule has 0 aromatic heterocycles. The Morgan fingerprint density at radius 2 is 1.95 bits per heavy atom. The first kappa shape index (κ1) is 15.5. The van der Waals surface area contributed by atoms with E-state index in [-0.39, 0.29) is 17.5 Å². The molecule has 0 atom stereocenters. The van der Waals surface area contributed by atoms with Gasteiger partial charge < -0.3 is 5.32 Å². The van der Waals surface area contributed by atoms with Crippen molar-refractivity contribution in [2.45, 2.75) is 4.90 Å². The topological polar surface area (TPSA) is 29.1 Å². The van der Waals surface area contributed by atoms with Crippen molar-refractivity contribution in [1.29, 1.82) is 0 Å². The summed E-state index contributed by atoms with van der Waals surface area (Å²) in [6, 6.07) is 11.9. The van der Waals surface area contributed by atoms with E-state index in [0.717, 1.165) is 8.95 Å². The summed E-state index contributed by atoms with van der Waals surface area (Å²) in [5, 5.41) is 2.78. The van der Waals surface area contributed by atoms with Gasteiger partial charge in [0.15, 0.2) is 0 Å². The highest BCUT2D eigenvalue weighted by Crippen LogP contribution is 2.27. The van der Waals surface area contributed by atoms with Gasteiger partial charge in [-0.2, -0.15) is 0 Å². The van der Waals surface area contributed by atoms with Crippen molar-refractivity contribution in [2.24, 2.45) is 0 Å². The summed E-state index contributed by atoms with van der Waals surface area (Å²) in [4.78, 5) is 12.3. The van der Waals surface area contributed by atoms with E-state index >= 15 is 0 Å². The van der Waals surface area contributed by atoms with Gasteiger partial charge in [0.1, 0.15) is 5.82 Å². The van der Waals surface area contributed by atoms with Crippen LogP contribution in [0.25, 0.3) is 0 Å². The molecule has 0 aliphatic rings. The molecular weight excluding hydrogens is 409 g/mol. The number of anilines is 1. The number of amides is 1. The number of carbonyl (C=O) groups excluding carboxylic acids is 1. The highest BCUT2D eigenvalue weighted by Gasteiger charge is 2.08. The minimum atomic E-state index is -0.310. The molecule has 6 heteroatoms. The number of thioether (sulfide) groups is 1. The predicted octanol–water partition coefficient (Wildman–Crippen LogP) is 5.08. The molecule has 2 rings (SSSR count). The third kappa shape index (κ3) is 4.33. The number of halogens is 3. The SMILES string of the molecule is O=C(CSc1ccccc1F)Nc1ccc(Br)cc1Br. The fourth-order valence-electron chi connectivity index (χ4n) is 1.48. The summed E-state index contributed by atoms with van der Waals surface area (Å²) in [5.41, 5.74) is 0.687. The Morgan fingerprint density at radius 1 is 1.20 bits per heavy atom. The van der Waals surface area contributed by atoms with Crippen molar-refractivity contribution >= 4 is 55.2 Å². The lowest BCUT2D eigenvalue weighted by atomic mass is 10.3. The number of benzene rings is 2. The van der Waals surface area contributed by atoms with Gasteiger partial charge in [-0.15, -0.1) is 11.8 Å². The molecule has 0 fully saturated rings. The van der Waals surface area contributed by atoms with E-state index in [0.29, 0.717) is 10.6 Å². The molecular formula is C14H10Br2FNOS. The number of hydrogen-bond donors (Lipinski definition) is 1. The van der Waals surface area contributed by atoms with Crippen LogP contribution >= 0.6 is 43.6 Å². The molecule has 0 radical (unpaired) electrons. The molecule has 0 heterocycles. The first-order valence-electron chi connectivity index (χ1n) is 5.68. The molecule has 2 nitrogen and oxygen atoms in total. The van der Waals surface area contributed by atoms with Crippen molar-refractivity contribution in [3.63, 3.8) is 0 Å². The Bertz CT molecular complexity index is 636. The molecule has 0 unspecified atom stereocenters. The fourth-order valence-corrected chi connectivity index (χ4v) is 3.37. The molecule has 104 valence electrons. The first-order valence-corrected chi connectivity index (χ1v) is 8.25. The molecule has 0 saturated heterocycles. The van der Waals surface area contributed by atoms with Gasteiger partial charge in [0.25, 0.3) is 0 Å². The van der Waals surface area contributed by atoms with Crippen LogP contribution < -0.4 is 5.32 Å². The first-order chi connectivity index (χ1) is 9.56. The van der Waals surface area contributed by atoms with Crippen molar-refractivity contribution in [2.75, 3.05) is 11.1 Å². The number of hydrogen-bond acceptors (Lipinski definition) is 2. The maximum Gasteiger partial charge on any atom is 0.234 e. The van der Waals surface area contributed by atoms with E-state index in [1.54, 1.807) is 24.3 Å². The van der Waals surface area contributed by atoms with E-state index in [1.807, 2.05) is 12.1 Å². The summed E-state index contributed by atoms with van der Waals surface area (Å²) in [7, 11) is 0. The molecule has 1 amide bonds. The van der Waals surface area contributed by atoms with E-state index in [4.69, 9.17) is 0 Å². The van der Waals surface area contributed by atoms with Gasteiger partial charge in [0, 0.05) is 13.8 Å². The zero-order chi connectivity index (χ0) is 14.5. The van der Waals surface area contributed by atoms with Gasteiger partial charge in [0.05, 0.1) is 11.4 Å². The quantitative estimate of drug-likeness (QED) is 0.701. The van der Waals surface area contributed by atoms with Crippen LogP contribution in [0.4, 0.5) is 10.1 Å². The fraction of sp³-hybridized carbons (Fsp3) is 0.0714. The van der Waals surface area contributed by atoms with Crippen LogP contribution in [0, 0.1) is 5.82 Å². The second-order valence-electron chi connectivity index (χ2n) is 3.89. The van der Waals surface area contributed by atoms with E-state index < -0.39 is 0 Å². The molecule has 0 saturated carbocycles. The van der Waals surface area contributed by atoms with Crippen LogP contribution in [0.5, 0.6) is 0 Å². The summed E-state index contributed by atoms with van der Waals surface area (Å²) < 4.78 is 15.1. The van der Waals surface area contributed by atoms with Crippen LogP contribution in [0.1, 0.15) is 0 Å². The van der Waals surface area contributed by atoms with Crippen LogP contribution in [-0.4, -0.2) is 11.7 Å². The zero-order valence-corrected chi connectivity index (χ0v) is 14.2. The van der Waals surface area contributed by atoms with E-state index in [2.05, 4.69) is 37.2 Å². The highest BCUT2D eigenvalue weighted by atomic mass is 79.9. The average molecular weight is 419 g/mol. The largest absolute Gasteiger partial charge is 0.324 e. The minimum Gasteiger partial charge on any atom is -0.324 e. The second-order valence-corrected chi connectivity index (χ2v) is 6.68. The number of nitrogens with one attached hydrogen (secondary N) is 1. The summed E-state index contributed by atoms with van der Waals surface area (Å²) >= 11 is 7.89. The van der Waals surface area contributed by atoms with Crippen LogP contribution in [0.15, 0.2) is 56.3 Å². The van der Waals surface area contributed by atoms with E-state index in [1.165, 1.54) is 17.8 Å². The molecule has 0 aliphatic heterocycles. The Morgan fingerprint density at radius 3 is 2.65 bits per heavy atom. The number of rotatable bonds is 4. The van der Waals surface area contributed by atoms with Gasteiger partial charge in [-0.3, -0.25) is 4.79 Å². The van der Waals surface area contributed by atoms with Crippen LogP contribution in [0.3, 0.4) is 0 Å². The van der Waals surface area contributed by atoms with Gasteiger partial charge in [-0.05, 0) is 46.3 Å². The second kappa shape index (κ2) is 7.24. The number of carbonyl (C=O) groups is 1. The van der Waals surface area contributed by atoms with Crippen molar-refractivity contribution in [1.82, 2.24) is 0 Å². The Balaban J connectivity index is 1.94. The Kier molecular flexibility index (Phi) is 5.63.